The van der Waals surface area contributed by atoms with Crippen molar-refractivity contribution in [1.29, 1.82) is 0 Å². The number of halogens is 2. The minimum atomic E-state index is -0.921. The van der Waals surface area contributed by atoms with E-state index in [1.165, 1.54) is 17.8 Å². The fraction of sp³-hybridized carbons (Fsp3) is 0.214. The second-order valence-corrected chi connectivity index (χ2v) is 5.46. The van der Waals surface area contributed by atoms with Crippen LogP contribution in [0.25, 0.3) is 11.1 Å². The lowest BCUT2D eigenvalue weighted by Gasteiger charge is -2.12. The molecular formula is C14H11F2N3O2S. The molecule has 0 atom stereocenters. The molecule has 0 amide bonds. The summed E-state index contributed by atoms with van der Waals surface area (Å²) >= 11 is 1.28. The van der Waals surface area contributed by atoms with Gasteiger partial charge in [0.1, 0.15) is 11.2 Å². The molecular weight excluding hydrogens is 312 g/mol. The van der Waals surface area contributed by atoms with Crippen LogP contribution in [0.15, 0.2) is 32.7 Å². The normalized spacial score (nSPS) is 11.3. The Balaban J connectivity index is 2.20. The van der Waals surface area contributed by atoms with Crippen LogP contribution < -0.4 is 5.56 Å². The summed E-state index contributed by atoms with van der Waals surface area (Å²) in [7, 11) is 0. The Morgan fingerprint density at radius 3 is 2.77 bits per heavy atom. The fourth-order valence-corrected chi connectivity index (χ4v) is 2.79. The first kappa shape index (κ1) is 14.7. The van der Waals surface area contributed by atoms with Gasteiger partial charge in [-0.25, -0.2) is 8.78 Å². The highest BCUT2D eigenvalue weighted by Crippen LogP contribution is 2.22. The molecule has 0 aliphatic carbocycles. The lowest BCUT2D eigenvalue weighted by molar-refractivity contribution is 0.446. The number of benzene rings is 1. The maximum atomic E-state index is 13.4. The Hall–Kier alpha value is -2.22. The maximum absolute atomic E-state index is 13.4. The molecule has 114 valence electrons. The van der Waals surface area contributed by atoms with Crippen LogP contribution in [0.3, 0.4) is 0 Å². The van der Waals surface area contributed by atoms with Crippen LogP contribution in [-0.4, -0.2) is 21.0 Å². The van der Waals surface area contributed by atoms with Gasteiger partial charge in [-0.15, -0.1) is 0 Å². The summed E-state index contributed by atoms with van der Waals surface area (Å²) in [6.07, 6.45) is 1.78. The molecule has 0 unspecified atom stereocenters. The molecule has 0 aliphatic heterocycles. The molecule has 0 fully saturated rings. The minimum absolute atomic E-state index is 0.0536. The van der Waals surface area contributed by atoms with Crippen molar-refractivity contribution in [3.63, 3.8) is 0 Å². The SMILES string of the molecule is CSc1nc(=O)c2onc(C)c2n1Cc1ccc(F)c(F)c1. The molecule has 0 radical (unpaired) electrons. The predicted molar refractivity (Wildman–Crippen MR) is 78.0 cm³/mol. The monoisotopic (exact) mass is 323 g/mol. The summed E-state index contributed by atoms with van der Waals surface area (Å²) in [5.74, 6) is -1.83. The summed E-state index contributed by atoms with van der Waals surface area (Å²) in [6, 6.07) is 3.67. The smallest absolute Gasteiger partial charge is 0.320 e. The second kappa shape index (κ2) is 5.53. The molecule has 8 heteroatoms. The van der Waals surface area contributed by atoms with Gasteiger partial charge in [-0.05, 0) is 30.9 Å². The third-order valence-electron chi connectivity index (χ3n) is 3.23. The first-order valence-corrected chi connectivity index (χ1v) is 7.58. The van der Waals surface area contributed by atoms with Gasteiger partial charge in [0.25, 0.3) is 0 Å². The molecule has 0 N–H and O–H groups in total. The number of rotatable bonds is 3. The van der Waals surface area contributed by atoms with Gasteiger partial charge in [-0.2, -0.15) is 4.98 Å². The molecule has 2 aromatic heterocycles. The van der Waals surface area contributed by atoms with E-state index in [4.69, 9.17) is 4.52 Å². The Morgan fingerprint density at radius 1 is 1.32 bits per heavy atom. The summed E-state index contributed by atoms with van der Waals surface area (Å²) in [5, 5.41) is 4.24. The highest BCUT2D eigenvalue weighted by atomic mass is 32.2. The van der Waals surface area contributed by atoms with Crippen molar-refractivity contribution in [1.82, 2.24) is 14.7 Å². The van der Waals surface area contributed by atoms with Gasteiger partial charge in [0.15, 0.2) is 16.8 Å². The van der Waals surface area contributed by atoms with Gasteiger partial charge in [0, 0.05) is 0 Å². The molecule has 0 saturated carbocycles. The van der Waals surface area contributed by atoms with Gasteiger partial charge >= 0.3 is 5.56 Å². The Morgan fingerprint density at radius 2 is 2.09 bits per heavy atom. The van der Waals surface area contributed by atoms with E-state index in [2.05, 4.69) is 10.1 Å². The molecule has 5 nitrogen and oxygen atoms in total. The van der Waals surface area contributed by atoms with Gasteiger partial charge in [0.2, 0.25) is 5.58 Å². The van der Waals surface area contributed by atoms with Crippen molar-refractivity contribution in [3.05, 3.63) is 51.4 Å². The van der Waals surface area contributed by atoms with Crippen molar-refractivity contribution in [2.45, 2.75) is 18.6 Å². The quantitative estimate of drug-likeness (QED) is 0.548. The molecule has 0 spiro atoms. The Bertz CT molecular complexity index is 920. The number of nitrogens with zero attached hydrogens (tertiary/aromatic N) is 3. The topological polar surface area (TPSA) is 60.9 Å². The van der Waals surface area contributed by atoms with Crippen molar-refractivity contribution in [3.8, 4) is 0 Å². The maximum Gasteiger partial charge on any atom is 0.320 e. The summed E-state index contributed by atoms with van der Waals surface area (Å²) in [5.41, 5.74) is 1.14. The molecule has 0 bridgehead atoms. The number of aryl methyl sites for hydroxylation is 1. The summed E-state index contributed by atoms with van der Waals surface area (Å²) < 4.78 is 33.1. The van der Waals surface area contributed by atoms with Crippen LogP contribution >= 0.6 is 11.8 Å². The van der Waals surface area contributed by atoms with E-state index in [1.54, 1.807) is 17.7 Å². The lowest BCUT2D eigenvalue weighted by Crippen LogP contribution is -2.16. The molecule has 22 heavy (non-hydrogen) atoms. The third kappa shape index (κ3) is 2.39. The zero-order valence-corrected chi connectivity index (χ0v) is 12.6. The second-order valence-electron chi connectivity index (χ2n) is 4.68. The molecule has 3 aromatic rings. The zero-order valence-electron chi connectivity index (χ0n) is 11.8. The number of hydrogen-bond acceptors (Lipinski definition) is 5. The van der Waals surface area contributed by atoms with Crippen molar-refractivity contribution in [2.24, 2.45) is 0 Å². The molecule has 0 aliphatic rings. The zero-order chi connectivity index (χ0) is 15.9. The minimum Gasteiger partial charge on any atom is -0.348 e. The Kier molecular flexibility index (Phi) is 3.69. The predicted octanol–water partition coefficient (Wildman–Crippen LogP) is 2.74. The van der Waals surface area contributed by atoms with Gasteiger partial charge in [-0.1, -0.05) is 23.0 Å². The largest absolute Gasteiger partial charge is 0.348 e. The van der Waals surface area contributed by atoms with E-state index >= 15 is 0 Å². The van der Waals surface area contributed by atoms with Gasteiger partial charge in [-0.3, -0.25) is 4.79 Å². The van der Waals surface area contributed by atoms with E-state index in [1.807, 2.05) is 0 Å². The van der Waals surface area contributed by atoms with E-state index < -0.39 is 17.2 Å². The average molecular weight is 323 g/mol. The van der Waals surface area contributed by atoms with E-state index in [9.17, 15) is 13.6 Å². The number of fused-ring (bicyclic) bond motifs is 1. The first-order chi connectivity index (χ1) is 10.5. The van der Waals surface area contributed by atoms with Crippen molar-refractivity contribution < 1.29 is 13.3 Å². The molecule has 0 saturated heterocycles. The molecule has 3 rings (SSSR count). The van der Waals surface area contributed by atoms with Crippen LogP contribution in [0, 0.1) is 18.6 Å². The number of hydrogen-bond donors (Lipinski definition) is 0. The Labute approximate surface area is 127 Å². The number of thioether (sulfide) groups is 1. The van der Waals surface area contributed by atoms with Crippen LogP contribution in [0.5, 0.6) is 0 Å². The highest BCUT2D eigenvalue weighted by Gasteiger charge is 2.17. The van der Waals surface area contributed by atoms with E-state index in [0.717, 1.165) is 12.1 Å². The van der Waals surface area contributed by atoms with Crippen molar-refractivity contribution in [2.75, 3.05) is 6.26 Å². The van der Waals surface area contributed by atoms with E-state index in [0.29, 0.717) is 21.9 Å². The lowest BCUT2D eigenvalue weighted by atomic mass is 10.2. The molecule has 1 aromatic carbocycles. The van der Waals surface area contributed by atoms with Crippen LogP contribution in [-0.2, 0) is 6.54 Å². The van der Waals surface area contributed by atoms with Crippen molar-refractivity contribution >= 4 is 22.9 Å². The average Bonchev–Trinajstić information content (AvgIpc) is 2.88. The van der Waals surface area contributed by atoms with Gasteiger partial charge in [0.05, 0.1) is 6.54 Å². The third-order valence-corrected chi connectivity index (χ3v) is 3.91. The van der Waals surface area contributed by atoms with Crippen LogP contribution in [0.1, 0.15) is 11.3 Å². The highest BCUT2D eigenvalue weighted by molar-refractivity contribution is 7.98. The van der Waals surface area contributed by atoms with Crippen LogP contribution in [0.4, 0.5) is 8.78 Å². The summed E-state index contributed by atoms with van der Waals surface area (Å²) in [6.45, 7) is 1.93. The van der Waals surface area contributed by atoms with Gasteiger partial charge < -0.3 is 9.09 Å². The fourth-order valence-electron chi connectivity index (χ4n) is 2.24. The first-order valence-electron chi connectivity index (χ1n) is 6.36. The standard InChI is InChI=1S/C14H11F2N3O2S/c1-7-11-12(21-18-7)13(20)17-14(22-2)19(11)6-8-3-4-9(15)10(16)5-8/h3-5H,6H2,1-2H3. The van der Waals surface area contributed by atoms with Crippen LogP contribution in [0.2, 0.25) is 0 Å². The number of aromatic nitrogens is 3. The molecule has 2 heterocycles. The summed E-state index contributed by atoms with van der Waals surface area (Å²) in [4.78, 5) is 15.8. The van der Waals surface area contributed by atoms with E-state index in [-0.39, 0.29) is 12.1 Å².